The normalized spacial score (nSPS) is 14.4. The summed E-state index contributed by atoms with van der Waals surface area (Å²) >= 11 is 1.30. The van der Waals surface area contributed by atoms with Crippen LogP contribution in [0.2, 0.25) is 0 Å². The molecule has 7 rings (SSSR count). The van der Waals surface area contributed by atoms with Gasteiger partial charge >= 0.3 is 0 Å². The monoisotopic (exact) mass is 651 g/mol. The van der Waals surface area contributed by atoms with Gasteiger partial charge in [-0.2, -0.15) is 0 Å². The third kappa shape index (κ3) is 6.18. The minimum absolute atomic E-state index is 0.239. The predicted molar refractivity (Wildman–Crippen MR) is 191 cm³/mol. The van der Waals surface area contributed by atoms with E-state index in [1.54, 1.807) is 4.57 Å². The molecule has 0 aliphatic carbocycles. The van der Waals surface area contributed by atoms with Gasteiger partial charge in [0.05, 0.1) is 28.5 Å². The summed E-state index contributed by atoms with van der Waals surface area (Å²) in [6.45, 7) is 4.67. The summed E-state index contributed by atoms with van der Waals surface area (Å²) in [5.74, 6) is 1.07. The van der Waals surface area contributed by atoms with E-state index in [0.717, 1.165) is 27.5 Å². The van der Waals surface area contributed by atoms with Crippen LogP contribution in [-0.2, 0) is 11.4 Å². The molecule has 0 spiro atoms. The molecule has 1 aliphatic heterocycles. The van der Waals surface area contributed by atoms with Gasteiger partial charge < -0.3 is 14.8 Å². The zero-order chi connectivity index (χ0) is 33.0. The van der Waals surface area contributed by atoms with Crippen molar-refractivity contribution in [1.82, 2.24) is 4.57 Å². The summed E-state index contributed by atoms with van der Waals surface area (Å²) < 4.78 is 14.2. The van der Waals surface area contributed by atoms with Crippen LogP contribution in [0.15, 0.2) is 142 Å². The summed E-state index contributed by atoms with van der Waals surface area (Å²) in [5, 5.41) is 5.01. The topological polar surface area (TPSA) is 81.9 Å². The number of carbonyl (C=O) groups excluding carboxylic acids is 1. The largest absolute Gasteiger partial charge is 0.494 e. The maximum absolute atomic E-state index is 14.5. The maximum Gasteiger partial charge on any atom is 0.271 e. The summed E-state index contributed by atoms with van der Waals surface area (Å²) in [5.41, 5.74) is 4.00. The Morgan fingerprint density at radius 3 is 2.33 bits per heavy atom. The summed E-state index contributed by atoms with van der Waals surface area (Å²) in [4.78, 5) is 33.8. The van der Waals surface area contributed by atoms with Crippen molar-refractivity contribution in [2.75, 3.05) is 11.9 Å². The van der Waals surface area contributed by atoms with E-state index in [-0.39, 0.29) is 11.5 Å². The molecule has 1 aliphatic rings. The first-order valence-electron chi connectivity index (χ1n) is 15.8. The summed E-state index contributed by atoms with van der Waals surface area (Å²) in [6, 6.07) is 38.1. The van der Waals surface area contributed by atoms with E-state index in [0.29, 0.717) is 51.0 Å². The fourth-order valence-electron chi connectivity index (χ4n) is 5.98. The maximum atomic E-state index is 14.5. The molecule has 6 aromatic rings. The van der Waals surface area contributed by atoms with E-state index in [9.17, 15) is 9.59 Å². The molecule has 0 unspecified atom stereocenters. The van der Waals surface area contributed by atoms with Gasteiger partial charge in [-0.3, -0.25) is 14.2 Å². The lowest BCUT2D eigenvalue weighted by atomic mass is 9.95. The second-order valence-electron chi connectivity index (χ2n) is 11.4. The lowest BCUT2D eigenvalue weighted by Gasteiger charge is -2.25. The van der Waals surface area contributed by atoms with Crippen molar-refractivity contribution < 1.29 is 14.3 Å². The van der Waals surface area contributed by atoms with Crippen LogP contribution in [0.5, 0.6) is 11.5 Å². The molecule has 1 aromatic heterocycles. The molecule has 8 heteroatoms. The van der Waals surface area contributed by atoms with Crippen LogP contribution in [0.4, 0.5) is 5.69 Å². The number of nitrogens with one attached hydrogen (secondary N) is 1. The van der Waals surface area contributed by atoms with Crippen LogP contribution >= 0.6 is 11.3 Å². The number of anilines is 1. The highest BCUT2D eigenvalue weighted by Gasteiger charge is 2.32. The molecule has 0 fully saturated rings. The smallest absolute Gasteiger partial charge is 0.271 e. The number of ether oxygens (including phenoxy) is 2. The van der Waals surface area contributed by atoms with E-state index in [4.69, 9.17) is 14.5 Å². The number of amides is 1. The van der Waals surface area contributed by atoms with Crippen LogP contribution in [0, 0.1) is 0 Å². The van der Waals surface area contributed by atoms with Crippen molar-refractivity contribution in [3.05, 3.63) is 169 Å². The van der Waals surface area contributed by atoms with Crippen molar-refractivity contribution in [2.45, 2.75) is 26.5 Å². The number of fused-ring (bicyclic) bond motifs is 2. The van der Waals surface area contributed by atoms with E-state index in [1.165, 1.54) is 11.3 Å². The molecule has 48 heavy (non-hydrogen) atoms. The molecular formula is C40H33N3O4S. The van der Waals surface area contributed by atoms with Crippen LogP contribution in [0.1, 0.15) is 36.6 Å². The number of hydrogen-bond donors (Lipinski definition) is 1. The molecule has 238 valence electrons. The van der Waals surface area contributed by atoms with Crippen molar-refractivity contribution in [2.24, 2.45) is 4.99 Å². The number of carbonyl (C=O) groups is 1. The zero-order valence-corrected chi connectivity index (χ0v) is 27.4. The lowest BCUT2D eigenvalue weighted by molar-refractivity contribution is -0.113. The number of para-hydroxylation sites is 1. The van der Waals surface area contributed by atoms with Gasteiger partial charge in [0.15, 0.2) is 4.80 Å². The third-order valence-electron chi connectivity index (χ3n) is 8.25. The quantitative estimate of drug-likeness (QED) is 0.183. The second-order valence-corrected chi connectivity index (χ2v) is 12.4. The minimum atomic E-state index is -0.705. The summed E-state index contributed by atoms with van der Waals surface area (Å²) in [7, 11) is 0. The van der Waals surface area contributed by atoms with Gasteiger partial charge in [-0.1, -0.05) is 102 Å². The van der Waals surface area contributed by atoms with Crippen LogP contribution in [-0.4, -0.2) is 17.1 Å². The highest BCUT2D eigenvalue weighted by molar-refractivity contribution is 7.07. The van der Waals surface area contributed by atoms with Crippen molar-refractivity contribution in [1.29, 1.82) is 0 Å². The van der Waals surface area contributed by atoms with E-state index < -0.39 is 6.04 Å². The molecule has 0 bridgehead atoms. The van der Waals surface area contributed by atoms with Gasteiger partial charge in [0.1, 0.15) is 18.1 Å². The van der Waals surface area contributed by atoms with Crippen molar-refractivity contribution in [3.63, 3.8) is 0 Å². The van der Waals surface area contributed by atoms with Gasteiger partial charge in [0.2, 0.25) is 0 Å². The van der Waals surface area contributed by atoms with Gasteiger partial charge in [-0.25, -0.2) is 4.99 Å². The number of allylic oxidation sites excluding steroid dienone is 1. The average Bonchev–Trinajstić information content (AvgIpc) is 3.42. The van der Waals surface area contributed by atoms with Crippen molar-refractivity contribution >= 4 is 39.8 Å². The molecule has 0 radical (unpaired) electrons. The SMILES string of the molecule is CCOc1ccc([C@@H]2C(C(=O)Nc3ccccc3)=C(C)N=c3s/c(=C\c4c(OCc5ccccc5)ccc5ccccc45)c(=O)n32)cc1. The average molecular weight is 652 g/mol. The number of rotatable bonds is 9. The Kier molecular flexibility index (Phi) is 8.72. The molecule has 1 N–H and O–H groups in total. The number of aromatic nitrogens is 1. The Morgan fingerprint density at radius 2 is 1.58 bits per heavy atom. The second kappa shape index (κ2) is 13.6. The van der Waals surface area contributed by atoms with E-state index >= 15 is 0 Å². The zero-order valence-electron chi connectivity index (χ0n) is 26.6. The molecule has 7 nitrogen and oxygen atoms in total. The Balaban J connectivity index is 1.37. The summed E-state index contributed by atoms with van der Waals surface area (Å²) in [6.07, 6.45) is 1.89. The molecular weight excluding hydrogens is 619 g/mol. The molecule has 1 atom stereocenters. The molecule has 2 heterocycles. The highest BCUT2D eigenvalue weighted by atomic mass is 32.1. The number of thiazole rings is 1. The molecule has 0 saturated carbocycles. The first-order valence-corrected chi connectivity index (χ1v) is 16.6. The van der Waals surface area contributed by atoms with E-state index in [2.05, 4.69) is 5.32 Å². The fraction of sp³-hybridized carbons (Fsp3) is 0.125. The molecule has 1 amide bonds. The van der Waals surface area contributed by atoms with Gasteiger partial charge in [0.25, 0.3) is 11.5 Å². The Hall–Kier alpha value is -5.73. The number of nitrogens with zero attached hydrogens (tertiary/aromatic N) is 2. The van der Waals surface area contributed by atoms with Gasteiger partial charge in [-0.05, 0) is 72.2 Å². The Bertz CT molecular complexity index is 2330. The van der Waals surface area contributed by atoms with Gasteiger partial charge in [-0.15, -0.1) is 0 Å². The highest BCUT2D eigenvalue weighted by Crippen LogP contribution is 2.33. The predicted octanol–water partition coefficient (Wildman–Crippen LogP) is 7.00. The fourth-order valence-corrected chi connectivity index (χ4v) is 7.01. The minimum Gasteiger partial charge on any atom is -0.494 e. The van der Waals surface area contributed by atoms with E-state index in [1.807, 2.05) is 141 Å². The first-order chi connectivity index (χ1) is 23.5. The van der Waals surface area contributed by atoms with Gasteiger partial charge in [0, 0.05) is 11.3 Å². The lowest BCUT2D eigenvalue weighted by Crippen LogP contribution is -2.40. The number of benzene rings is 5. The van der Waals surface area contributed by atoms with Crippen LogP contribution in [0.3, 0.4) is 0 Å². The number of hydrogen-bond acceptors (Lipinski definition) is 6. The molecule has 0 saturated heterocycles. The third-order valence-corrected chi connectivity index (χ3v) is 9.23. The van der Waals surface area contributed by atoms with Crippen LogP contribution in [0.25, 0.3) is 16.8 Å². The standard InChI is InChI=1S/C40H33N3O4S/c1-3-46-31-21-18-29(19-22-31)37-36(38(44)42-30-15-8-5-9-16-30)26(2)41-40-43(37)39(45)35(48-40)24-33-32-17-11-10-14-28(32)20-23-34(33)47-25-27-12-6-4-7-13-27/h4-24,37H,3,25H2,1-2H3,(H,42,44)/b35-24-/t37-/m1/s1. The van der Waals surface area contributed by atoms with Crippen LogP contribution < -0.4 is 29.7 Å². The first kappa shape index (κ1) is 30.9. The Morgan fingerprint density at radius 1 is 0.875 bits per heavy atom. The molecule has 5 aromatic carbocycles. The Labute approximate surface area is 281 Å². The van der Waals surface area contributed by atoms with Crippen molar-refractivity contribution in [3.8, 4) is 11.5 Å².